The molecule has 3 amide bonds. The summed E-state index contributed by atoms with van der Waals surface area (Å²) in [6.45, 7) is 2.45. The van der Waals surface area contributed by atoms with Crippen molar-refractivity contribution in [3.8, 4) is 0 Å². The summed E-state index contributed by atoms with van der Waals surface area (Å²) < 4.78 is 19.8. The summed E-state index contributed by atoms with van der Waals surface area (Å²) >= 11 is 0. The van der Waals surface area contributed by atoms with Gasteiger partial charge in [-0.05, 0) is 62.1 Å². The molecule has 2 fully saturated rings. The molecule has 2 atom stereocenters. The zero-order valence-electron chi connectivity index (χ0n) is 19.2. The maximum atomic E-state index is 13.5. The summed E-state index contributed by atoms with van der Waals surface area (Å²) in [5, 5.41) is 2.82. The lowest BCUT2D eigenvalue weighted by Gasteiger charge is -2.42. The third-order valence-corrected chi connectivity index (χ3v) is 6.60. The molecule has 1 aromatic carbocycles. The van der Waals surface area contributed by atoms with Gasteiger partial charge in [0.05, 0.1) is 24.8 Å². The SMILES string of the molecule is CC(=O)N1CCC[C@H](NC(=O)C(=O)N(C)C)[C@@H]1CO[C@H]1CC[C@@H](c2cccc(F)c2)CC1. The van der Waals surface area contributed by atoms with Crippen molar-refractivity contribution in [2.45, 2.75) is 69.6 Å². The summed E-state index contributed by atoms with van der Waals surface area (Å²) in [4.78, 5) is 39.5. The number of nitrogens with zero attached hydrogens (tertiary/aromatic N) is 2. The Morgan fingerprint density at radius 1 is 1.16 bits per heavy atom. The number of likely N-dealkylation sites (tertiary alicyclic amines) is 1. The maximum absolute atomic E-state index is 13.5. The Morgan fingerprint density at radius 3 is 2.50 bits per heavy atom. The van der Waals surface area contributed by atoms with Crippen molar-refractivity contribution in [3.05, 3.63) is 35.6 Å². The van der Waals surface area contributed by atoms with Crippen molar-refractivity contribution in [1.82, 2.24) is 15.1 Å². The number of rotatable bonds is 5. The van der Waals surface area contributed by atoms with E-state index in [1.165, 1.54) is 32.0 Å². The Balaban J connectivity index is 1.58. The molecule has 1 aliphatic heterocycles. The first-order valence-electron chi connectivity index (χ1n) is 11.4. The van der Waals surface area contributed by atoms with E-state index in [1.807, 2.05) is 6.07 Å². The summed E-state index contributed by atoms with van der Waals surface area (Å²) in [6.07, 6.45) is 5.09. The summed E-state index contributed by atoms with van der Waals surface area (Å²) in [6, 6.07) is 6.17. The number of hydrogen-bond acceptors (Lipinski definition) is 4. The Labute approximate surface area is 189 Å². The number of halogens is 1. The molecule has 0 radical (unpaired) electrons. The van der Waals surface area contributed by atoms with Gasteiger partial charge >= 0.3 is 11.8 Å². The highest BCUT2D eigenvalue weighted by Gasteiger charge is 2.36. The largest absolute Gasteiger partial charge is 0.376 e. The van der Waals surface area contributed by atoms with Gasteiger partial charge in [0, 0.05) is 27.6 Å². The number of nitrogens with one attached hydrogen (secondary N) is 1. The Morgan fingerprint density at radius 2 is 1.88 bits per heavy atom. The lowest BCUT2D eigenvalue weighted by molar-refractivity contribution is -0.146. The predicted molar refractivity (Wildman–Crippen MR) is 118 cm³/mol. The number of likely N-dealkylation sites (N-methyl/N-ethyl adjacent to an activating group) is 1. The van der Waals surface area contributed by atoms with Crippen LogP contribution in [-0.2, 0) is 19.1 Å². The Hall–Kier alpha value is -2.48. The molecule has 0 spiro atoms. The maximum Gasteiger partial charge on any atom is 0.311 e. The van der Waals surface area contributed by atoms with Crippen LogP contribution in [0.4, 0.5) is 4.39 Å². The van der Waals surface area contributed by atoms with Gasteiger partial charge in [0.2, 0.25) is 5.91 Å². The van der Waals surface area contributed by atoms with Gasteiger partial charge in [0.25, 0.3) is 0 Å². The second kappa shape index (κ2) is 10.9. The van der Waals surface area contributed by atoms with Crippen molar-refractivity contribution in [1.29, 1.82) is 0 Å². The Kier molecular flexibility index (Phi) is 8.23. The molecule has 3 rings (SSSR count). The molecule has 8 heteroatoms. The van der Waals surface area contributed by atoms with Gasteiger partial charge in [-0.3, -0.25) is 14.4 Å². The highest BCUT2D eigenvalue weighted by atomic mass is 19.1. The van der Waals surface area contributed by atoms with E-state index in [4.69, 9.17) is 4.74 Å². The van der Waals surface area contributed by atoms with Crippen molar-refractivity contribution in [3.63, 3.8) is 0 Å². The average Bonchev–Trinajstić information content (AvgIpc) is 2.77. The number of carbonyl (C=O) groups excluding carboxylic acids is 3. The Bertz CT molecular complexity index is 823. The molecule has 0 bridgehead atoms. The molecular weight excluding hydrogens is 413 g/mol. The molecule has 1 aromatic rings. The summed E-state index contributed by atoms with van der Waals surface area (Å²) in [5.74, 6) is -1.21. The average molecular weight is 448 g/mol. The molecular formula is C24H34FN3O4. The number of carbonyl (C=O) groups is 3. The number of benzene rings is 1. The molecule has 7 nitrogen and oxygen atoms in total. The molecule has 32 heavy (non-hydrogen) atoms. The van der Waals surface area contributed by atoms with Crippen molar-refractivity contribution >= 4 is 17.7 Å². The van der Waals surface area contributed by atoms with Gasteiger partial charge in [-0.1, -0.05) is 12.1 Å². The van der Waals surface area contributed by atoms with Crippen LogP contribution < -0.4 is 5.32 Å². The van der Waals surface area contributed by atoms with E-state index in [1.54, 1.807) is 17.0 Å². The molecule has 0 unspecified atom stereocenters. The van der Waals surface area contributed by atoms with E-state index < -0.39 is 11.8 Å². The number of amides is 3. The van der Waals surface area contributed by atoms with Gasteiger partial charge in [0.1, 0.15) is 5.82 Å². The van der Waals surface area contributed by atoms with Crippen molar-refractivity contribution < 1.29 is 23.5 Å². The number of hydrogen-bond donors (Lipinski definition) is 1. The number of piperidine rings is 1. The zero-order valence-corrected chi connectivity index (χ0v) is 19.2. The van der Waals surface area contributed by atoms with Crippen LogP contribution in [0, 0.1) is 5.82 Å². The van der Waals surface area contributed by atoms with Crippen molar-refractivity contribution in [2.75, 3.05) is 27.2 Å². The fourth-order valence-electron chi connectivity index (χ4n) is 4.81. The minimum Gasteiger partial charge on any atom is -0.376 e. The van der Waals surface area contributed by atoms with Crippen LogP contribution in [0.5, 0.6) is 0 Å². The van der Waals surface area contributed by atoms with Crippen molar-refractivity contribution in [2.24, 2.45) is 0 Å². The first-order chi connectivity index (χ1) is 15.3. The van der Waals surface area contributed by atoms with Gasteiger partial charge in [-0.2, -0.15) is 0 Å². The lowest BCUT2D eigenvalue weighted by atomic mass is 9.82. The fraction of sp³-hybridized carbons (Fsp3) is 0.625. The second-order valence-electron chi connectivity index (χ2n) is 9.06. The molecule has 1 saturated heterocycles. The van der Waals surface area contributed by atoms with Crippen LogP contribution in [0.15, 0.2) is 24.3 Å². The normalized spacial score (nSPS) is 25.8. The van der Waals surface area contributed by atoms with Gasteiger partial charge in [-0.25, -0.2) is 4.39 Å². The van der Waals surface area contributed by atoms with E-state index in [0.29, 0.717) is 25.5 Å². The minimum absolute atomic E-state index is 0.0636. The zero-order chi connectivity index (χ0) is 23.3. The molecule has 1 heterocycles. The third kappa shape index (κ3) is 6.06. The third-order valence-electron chi connectivity index (χ3n) is 6.60. The van der Waals surface area contributed by atoms with Gasteiger partial charge in [0.15, 0.2) is 0 Å². The van der Waals surface area contributed by atoms with Crippen LogP contribution in [0.25, 0.3) is 0 Å². The quantitative estimate of drug-likeness (QED) is 0.704. The summed E-state index contributed by atoms with van der Waals surface area (Å²) in [5.41, 5.74) is 1.03. The van der Waals surface area contributed by atoms with E-state index in [2.05, 4.69) is 5.32 Å². The molecule has 1 N–H and O–H groups in total. The monoisotopic (exact) mass is 447 g/mol. The highest BCUT2D eigenvalue weighted by Crippen LogP contribution is 2.34. The lowest BCUT2D eigenvalue weighted by Crippen LogP contribution is -2.60. The van der Waals surface area contributed by atoms with Crippen LogP contribution in [0.2, 0.25) is 0 Å². The van der Waals surface area contributed by atoms with Crippen LogP contribution >= 0.6 is 0 Å². The van der Waals surface area contributed by atoms with E-state index >= 15 is 0 Å². The summed E-state index contributed by atoms with van der Waals surface area (Å²) in [7, 11) is 3.07. The van der Waals surface area contributed by atoms with E-state index in [0.717, 1.165) is 37.7 Å². The molecule has 1 saturated carbocycles. The molecule has 176 valence electrons. The fourth-order valence-corrected chi connectivity index (χ4v) is 4.81. The highest BCUT2D eigenvalue weighted by molar-refractivity contribution is 6.34. The smallest absolute Gasteiger partial charge is 0.311 e. The predicted octanol–water partition coefficient (Wildman–Crippen LogP) is 2.45. The van der Waals surface area contributed by atoms with Crippen LogP contribution in [0.1, 0.15) is 56.9 Å². The minimum atomic E-state index is -0.661. The number of ether oxygens (including phenoxy) is 1. The molecule has 1 aliphatic carbocycles. The first kappa shape index (κ1) is 24.2. The standard InChI is InChI=1S/C24H34FN3O4/c1-16(29)28-13-5-8-21(26-23(30)24(31)27(2)3)22(28)15-32-20-11-9-17(10-12-20)18-6-4-7-19(25)14-18/h4,6-7,14,17,20-22H,5,8-13,15H2,1-3H3,(H,26,30)/t17-,20+,21-,22-/m0/s1. The van der Waals surface area contributed by atoms with Crippen LogP contribution in [-0.4, -0.2) is 73.0 Å². The van der Waals surface area contributed by atoms with Gasteiger partial charge in [-0.15, -0.1) is 0 Å². The van der Waals surface area contributed by atoms with Crippen LogP contribution in [0.3, 0.4) is 0 Å². The van der Waals surface area contributed by atoms with E-state index in [-0.39, 0.29) is 29.9 Å². The molecule has 0 aromatic heterocycles. The second-order valence-corrected chi connectivity index (χ2v) is 9.06. The topological polar surface area (TPSA) is 79.0 Å². The molecule has 2 aliphatic rings. The van der Waals surface area contributed by atoms with Gasteiger partial charge < -0.3 is 19.9 Å². The first-order valence-corrected chi connectivity index (χ1v) is 11.4. The van der Waals surface area contributed by atoms with E-state index in [9.17, 15) is 18.8 Å².